The predicted octanol–water partition coefficient (Wildman–Crippen LogP) is 2.57. The van der Waals surface area contributed by atoms with Gasteiger partial charge >= 0.3 is 5.97 Å². The number of anilines is 1. The normalized spacial score (nSPS) is 11.6. The minimum Gasteiger partial charge on any atom is -0.478 e. The highest BCUT2D eigenvalue weighted by Crippen LogP contribution is 2.28. The van der Waals surface area contributed by atoms with Gasteiger partial charge in [0.15, 0.2) is 0 Å². The summed E-state index contributed by atoms with van der Waals surface area (Å²) in [6.07, 6.45) is 0. The smallest absolute Gasteiger partial charge is 0.335 e. The fraction of sp³-hybridized carbons (Fsp3) is 0.250. The topological polar surface area (TPSA) is 104 Å². The van der Waals surface area contributed by atoms with E-state index >= 15 is 0 Å². The number of thiophene rings is 1. The molecular weight excluding hydrogens is 364 g/mol. The number of carbonyl (C=O) groups excluding carboxylic acids is 1. The van der Waals surface area contributed by atoms with Crippen molar-refractivity contribution < 1.29 is 23.1 Å². The first-order valence-corrected chi connectivity index (χ1v) is 9.48. The fourth-order valence-electron chi connectivity index (χ4n) is 2.10. The molecular formula is C16H18N2O5S2. The first kappa shape index (κ1) is 19.1. The van der Waals surface area contributed by atoms with Crippen LogP contribution in [0.2, 0.25) is 0 Å². The number of benzene rings is 1. The second-order valence-corrected chi connectivity index (χ2v) is 8.98. The minimum atomic E-state index is -3.63. The second-order valence-electron chi connectivity index (χ2n) is 5.61. The lowest BCUT2D eigenvalue weighted by Crippen LogP contribution is -2.22. The van der Waals surface area contributed by atoms with Crippen molar-refractivity contribution in [1.82, 2.24) is 4.31 Å². The Kier molecular flexibility index (Phi) is 5.31. The van der Waals surface area contributed by atoms with Gasteiger partial charge in [0, 0.05) is 24.7 Å². The Morgan fingerprint density at radius 1 is 1.16 bits per heavy atom. The Labute approximate surface area is 150 Å². The van der Waals surface area contributed by atoms with E-state index in [0.29, 0.717) is 16.1 Å². The van der Waals surface area contributed by atoms with Gasteiger partial charge in [-0.25, -0.2) is 17.5 Å². The Morgan fingerprint density at radius 2 is 1.80 bits per heavy atom. The number of nitrogens with one attached hydrogen (secondary N) is 1. The number of carbonyl (C=O) groups is 2. The lowest BCUT2D eigenvalue weighted by Gasteiger charge is -2.10. The van der Waals surface area contributed by atoms with Crippen molar-refractivity contribution in [2.75, 3.05) is 19.4 Å². The van der Waals surface area contributed by atoms with Gasteiger partial charge in [-0.1, -0.05) is 6.07 Å². The van der Waals surface area contributed by atoms with E-state index in [1.807, 2.05) is 0 Å². The van der Waals surface area contributed by atoms with Gasteiger partial charge in [-0.3, -0.25) is 4.79 Å². The number of rotatable bonds is 5. The average molecular weight is 382 g/mol. The van der Waals surface area contributed by atoms with Crippen molar-refractivity contribution in [3.05, 3.63) is 45.1 Å². The molecule has 0 saturated carbocycles. The molecule has 2 aromatic rings. The van der Waals surface area contributed by atoms with Gasteiger partial charge in [0.1, 0.15) is 0 Å². The van der Waals surface area contributed by atoms with Crippen LogP contribution in [0.5, 0.6) is 0 Å². The van der Waals surface area contributed by atoms with Gasteiger partial charge < -0.3 is 10.4 Å². The summed E-state index contributed by atoms with van der Waals surface area (Å²) in [5.41, 5.74) is 1.12. The van der Waals surface area contributed by atoms with Gasteiger partial charge in [-0.15, -0.1) is 11.3 Å². The van der Waals surface area contributed by atoms with Crippen LogP contribution >= 0.6 is 11.3 Å². The first-order chi connectivity index (χ1) is 11.5. The van der Waals surface area contributed by atoms with Crippen molar-refractivity contribution in [2.45, 2.75) is 18.7 Å². The zero-order chi connectivity index (χ0) is 18.9. The van der Waals surface area contributed by atoms with Crippen LogP contribution in [0.25, 0.3) is 0 Å². The van der Waals surface area contributed by atoms with Crippen LogP contribution in [0.3, 0.4) is 0 Å². The lowest BCUT2D eigenvalue weighted by atomic mass is 10.1. The molecule has 1 heterocycles. The second kappa shape index (κ2) is 6.95. The van der Waals surface area contributed by atoms with Crippen LogP contribution in [0, 0.1) is 13.8 Å². The summed E-state index contributed by atoms with van der Waals surface area (Å²) < 4.78 is 25.6. The third-order valence-electron chi connectivity index (χ3n) is 3.59. The van der Waals surface area contributed by atoms with E-state index in [1.165, 1.54) is 32.3 Å². The summed E-state index contributed by atoms with van der Waals surface area (Å²) in [7, 11) is -0.786. The van der Waals surface area contributed by atoms with Gasteiger partial charge in [-0.2, -0.15) is 0 Å². The molecule has 0 atom stereocenters. The van der Waals surface area contributed by atoms with Gasteiger partial charge in [0.2, 0.25) is 10.0 Å². The lowest BCUT2D eigenvalue weighted by molar-refractivity contribution is 0.0696. The summed E-state index contributed by atoms with van der Waals surface area (Å²) in [5, 5.41) is 11.7. The first-order valence-electron chi connectivity index (χ1n) is 7.22. The zero-order valence-electron chi connectivity index (χ0n) is 14.2. The van der Waals surface area contributed by atoms with Crippen LogP contribution in [0.1, 0.15) is 30.5 Å². The molecule has 0 unspecified atom stereocenters. The molecule has 0 aliphatic carbocycles. The molecule has 7 nitrogen and oxygen atoms in total. The van der Waals surface area contributed by atoms with E-state index in [1.54, 1.807) is 19.9 Å². The molecule has 0 aliphatic heterocycles. The summed E-state index contributed by atoms with van der Waals surface area (Å²) in [6.45, 7) is 3.37. The molecule has 1 aromatic carbocycles. The number of carboxylic acid groups (broad SMARTS) is 1. The SMILES string of the molecule is Cc1ccc(C(=O)O)cc1NC(=O)c1cc(S(=O)(=O)N(C)C)c(C)s1. The molecule has 0 saturated heterocycles. The van der Waals surface area contributed by atoms with E-state index in [9.17, 15) is 18.0 Å². The van der Waals surface area contributed by atoms with Crippen molar-refractivity contribution in [2.24, 2.45) is 0 Å². The molecule has 0 spiro atoms. The summed E-state index contributed by atoms with van der Waals surface area (Å²) >= 11 is 1.07. The number of aryl methyl sites for hydroxylation is 2. The highest BCUT2D eigenvalue weighted by atomic mass is 32.2. The van der Waals surface area contributed by atoms with Gasteiger partial charge in [0.25, 0.3) is 5.91 Å². The van der Waals surface area contributed by atoms with Crippen LogP contribution in [-0.2, 0) is 10.0 Å². The predicted molar refractivity (Wildman–Crippen MR) is 96.0 cm³/mol. The largest absolute Gasteiger partial charge is 0.478 e. The average Bonchev–Trinajstić information content (AvgIpc) is 2.91. The third-order valence-corrected chi connectivity index (χ3v) is 6.71. The Morgan fingerprint density at radius 3 is 2.36 bits per heavy atom. The zero-order valence-corrected chi connectivity index (χ0v) is 15.8. The van der Waals surface area contributed by atoms with Crippen molar-refractivity contribution >= 4 is 38.9 Å². The molecule has 134 valence electrons. The van der Waals surface area contributed by atoms with Crippen LogP contribution in [0.15, 0.2) is 29.2 Å². The highest BCUT2D eigenvalue weighted by molar-refractivity contribution is 7.89. The number of sulfonamides is 1. The molecule has 0 aliphatic rings. The maximum atomic E-state index is 12.5. The summed E-state index contributed by atoms with van der Waals surface area (Å²) in [6, 6.07) is 5.75. The molecule has 2 N–H and O–H groups in total. The quantitative estimate of drug-likeness (QED) is 0.827. The maximum Gasteiger partial charge on any atom is 0.335 e. The van der Waals surface area contributed by atoms with E-state index in [-0.39, 0.29) is 15.3 Å². The molecule has 0 radical (unpaired) electrons. The number of nitrogens with zero attached hydrogens (tertiary/aromatic N) is 1. The number of hydrogen-bond donors (Lipinski definition) is 2. The number of carboxylic acids is 1. The summed E-state index contributed by atoms with van der Waals surface area (Å²) in [5.74, 6) is -1.58. The van der Waals surface area contributed by atoms with E-state index in [2.05, 4.69) is 5.32 Å². The molecule has 1 aromatic heterocycles. The Balaban J connectivity index is 2.35. The monoisotopic (exact) mass is 382 g/mol. The van der Waals surface area contributed by atoms with Gasteiger partial charge in [-0.05, 0) is 37.6 Å². The van der Waals surface area contributed by atoms with E-state index in [0.717, 1.165) is 15.6 Å². The molecule has 0 bridgehead atoms. The molecule has 25 heavy (non-hydrogen) atoms. The minimum absolute atomic E-state index is 0.0548. The standard InChI is InChI=1S/C16H18N2O5S2/c1-9-5-6-11(16(20)21)7-12(9)17-15(19)13-8-14(10(2)24-13)25(22,23)18(3)4/h5-8H,1-4H3,(H,17,19)(H,20,21). The molecule has 0 fully saturated rings. The third kappa shape index (κ3) is 3.89. The van der Waals surface area contributed by atoms with E-state index in [4.69, 9.17) is 5.11 Å². The molecule has 2 rings (SSSR count). The van der Waals surface area contributed by atoms with Crippen LogP contribution in [-0.4, -0.2) is 43.8 Å². The van der Waals surface area contributed by atoms with Crippen LogP contribution in [0.4, 0.5) is 5.69 Å². The number of amides is 1. The Hall–Kier alpha value is -2.23. The van der Waals surface area contributed by atoms with Crippen molar-refractivity contribution in [3.63, 3.8) is 0 Å². The highest BCUT2D eigenvalue weighted by Gasteiger charge is 2.24. The van der Waals surface area contributed by atoms with Gasteiger partial charge in [0.05, 0.1) is 15.3 Å². The van der Waals surface area contributed by atoms with E-state index < -0.39 is 21.9 Å². The van der Waals surface area contributed by atoms with Crippen LogP contribution < -0.4 is 5.32 Å². The summed E-state index contributed by atoms with van der Waals surface area (Å²) in [4.78, 5) is 24.3. The maximum absolute atomic E-state index is 12.5. The van der Waals surface area contributed by atoms with Crippen molar-refractivity contribution in [1.29, 1.82) is 0 Å². The Bertz CT molecular complexity index is 945. The molecule has 9 heteroatoms. The number of hydrogen-bond acceptors (Lipinski definition) is 5. The molecule has 1 amide bonds. The van der Waals surface area contributed by atoms with Crippen molar-refractivity contribution in [3.8, 4) is 0 Å². The fourth-order valence-corrected chi connectivity index (χ4v) is 4.45. The number of aromatic carboxylic acids is 1.